The van der Waals surface area contributed by atoms with E-state index in [1.165, 1.54) is 44.2 Å². The lowest BCUT2D eigenvalue weighted by Gasteiger charge is -2.20. The average molecular weight is 805 g/mol. The van der Waals surface area contributed by atoms with Gasteiger partial charge in [0, 0.05) is 32.7 Å². The maximum absolute atomic E-state index is 10.4. The second-order valence-corrected chi connectivity index (χ2v) is 16.5. The van der Waals surface area contributed by atoms with Crippen LogP contribution in [-0.4, -0.2) is 9.13 Å². The SMILES string of the molecule is Cc1ccccc1-c1ccc2c(c1)c1ccccc1n2-c1cc(C#N)ccc1-c1ccc(-c2ccc(C#N)cc2C)cc1-n1c2ccccc2c2cc(-c3ccccc3C)ccc21. The molecule has 0 aliphatic heterocycles. The van der Waals surface area contributed by atoms with E-state index in [1.807, 2.05) is 24.3 Å². The van der Waals surface area contributed by atoms with Gasteiger partial charge in [0.25, 0.3) is 0 Å². The molecule has 4 heteroatoms. The number of hydrogen-bond acceptors (Lipinski definition) is 2. The first-order valence-corrected chi connectivity index (χ1v) is 21.3. The molecule has 0 aliphatic rings. The van der Waals surface area contributed by atoms with Gasteiger partial charge in [-0.1, -0.05) is 121 Å². The molecule has 0 spiro atoms. The maximum Gasteiger partial charge on any atom is 0.0992 e. The van der Waals surface area contributed by atoms with Crippen molar-refractivity contribution in [3.05, 3.63) is 216 Å². The highest BCUT2D eigenvalue weighted by atomic mass is 15.0. The number of para-hydroxylation sites is 2. The first-order chi connectivity index (χ1) is 30.9. The lowest BCUT2D eigenvalue weighted by molar-refractivity contribution is 1.16. The molecular weight excluding hydrogens is 765 g/mol. The monoisotopic (exact) mass is 804 g/mol. The number of aryl methyl sites for hydroxylation is 3. The first kappa shape index (κ1) is 37.6. The van der Waals surface area contributed by atoms with Crippen LogP contribution in [0.2, 0.25) is 0 Å². The molecule has 0 atom stereocenters. The summed E-state index contributed by atoms with van der Waals surface area (Å²) in [6, 6.07) is 71.5. The number of rotatable bonds is 6. The number of aromatic nitrogens is 2. The van der Waals surface area contributed by atoms with Crippen molar-refractivity contribution in [2.45, 2.75) is 20.8 Å². The summed E-state index contributed by atoms with van der Waals surface area (Å²) in [5.41, 5.74) is 19.9. The van der Waals surface area contributed by atoms with Crippen LogP contribution in [0, 0.1) is 43.4 Å². The van der Waals surface area contributed by atoms with Gasteiger partial charge < -0.3 is 9.13 Å². The average Bonchev–Trinajstić information content (AvgIpc) is 3.83. The minimum atomic E-state index is 0.586. The molecule has 0 unspecified atom stereocenters. The van der Waals surface area contributed by atoms with Crippen LogP contribution in [-0.2, 0) is 0 Å². The Morgan fingerprint density at radius 2 is 0.714 bits per heavy atom. The van der Waals surface area contributed by atoms with E-state index in [4.69, 9.17) is 0 Å². The van der Waals surface area contributed by atoms with E-state index < -0.39 is 0 Å². The van der Waals surface area contributed by atoms with E-state index in [0.29, 0.717) is 11.1 Å². The second-order valence-electron chi connectivity index (χ2n) is 16.5. The fourth-order valence-corrected chi connectivity index (χ4v) is 9.78. The van der Waals surface area contributed by atoms with Gasteiger partial charge in [-0.2, -0.15) is 10.5 Å². The van der Waals surface area contributed by atoms with Crippen molar-refractivity contribution in [3.8, 4) is 68.0 Å². The number of benzene rings is 9. The standard InChI is InChI=1S/C59H40N4/c1-37-12-4-6-14-45(37)42-23-28-56-52(32-42)48-16-8-10-18-54(48)62(56)58-31-41(36-61)21-26-50(58)51-27-22-44(47-25-20-40(35-60)30-39(47)3)34-59(51)63-55-19-11-9-17-49(55)53-33-43(24-29-57(53)63)46-15-7-5-13-38(46)2/h4-34H,1-3H3. The number of hydrogen-bond donors (Lipinski definition) is 0. The fourth-order valence-electron chi connectivity index (χ4n) is 9.78. The van der Waals surface area contributed by atoms with E-state index >= 15 is 0 Å². The van der Waals surface area contributed by atoms with Gasteiger partial charge in [0.2, 0.25) is 0 Å². The van der Waals surface area contributed by atoms with Gasteiger partial charge in [-0.05, 0) is 138 Å². The Balaban J connectivity index is 1.22. The molecule has 0 saturated heterocycles. The van der Waals surface area contributed by atoms with Crippen molar-refractivity contribution in [2.24, 2.45) is 0 Å². The van der Waals surface area contributed by atoms with Crippen molar-refractivity contribution in [3.63, 3.8) is 0 Å². The van der Waals surface area contributed by atoms with Gasteiger partial charge in [-0.15, -0.1) is 0 Å². The van der Waals surface area contributed by atoms with Crippen LogP contribution in [0.15, 0.2) is 188 Å². The van der Waals surface area contributed by atoms with E-state index in [-0.39, 0.29) is 0 Å². The van der Waals surface area contributed by atoms with Crippen molar-refractivity contribution in [1.29, 1.82) is 10.5 Å². The summed E-state index contributed by atoms with van der Waals surface area (Å²) >= 11 is 0. The predicted molar refractivity (Wildman–Crippen MR) is 261 cm³/mol. The van der Waals surface area contributed by atoms with E-state index in [1.54, 1.807) is 0 Å². The minimum absolute atomic E-state index is 0.586. The van der Waals surface area contributed by atoms with Crippen molar-refractivity contribution in [1.82, 2.24) is 9.13 Å². The van der Waals surface area contributed by atoms with Crippen LogP contribution in [0.1, 0.15) is 27.8 Å². The van der Waals surface area contributed by atoms with Crippen LogP contribution in [0.5, 0.6) is 0 Å². The third-order valence-electron chi connectivity index (χ3n) is 12.8. The smallest absolute Gasteiger partial charge is 0.0992 e. The third-order valence-corrected chi connectivity index (χ3v) is 12.8. The number of fused-ring (bicyclic) bond motifs is 6. The molecule has 0 amide bonds. The summed E-state index contributed by atoms with van der Waals surface area (Å²) in [5, 5.41) is 24.8. The summed E-state index contributed by atoms with van der Waals surface area (Å²) in [6.45, 7) is 6.40. The van der Waals surface area contributed by atoms with E-state index in [2.05, 4.69) is 206 Å². The van der Waals surface area contributed by atoms with Crippen molar-refractivity contribution in [2.75, 3.05) is 0 Å². The predicted octanol–water partition coefficient (Wildman–Crippen LogP) is 15.2. The lowest BCUT2D eigenvalue weighted by atomic mass is 9.93. The third kappa shape index (κ3) is 6.12. The molecule has 0 radical (unpaired) electrons. The highest BCUT2D eigenvalue weighted by Crippen LogP contribution is 2.44. The number of nitriles is 2. The van der Waals surface area contributed by atoms with Crippen LogP contribution < -0.4 is 0 Å². The Bertz CT molecular complexity index is 3750. The van der Waals surface area contributed by atoms with E-state index in [9.17, 15) is 10.5 Å². The van der Waals surface area contributed by atoms with Crippen molar-refractivity contribution >= 4 is 43.6 Å². The molecular formula is C59H40N4. The topological polar surface area (TPSA) is 57.4 Å². The van der Waals surface area contributed by atoms with Gasteiger partial charge in [0.05, 0.1) is 56.7 Å². The molecule has 0 fully saturated rings. The van der Waals surface area contributed by atoms with Crippen molar-refractivity contribution < 1.29 is 0 Å². The first-order valence-electron chi connectivity index (χ1n) is 21.3. The number of nitrogens with zero attached hydrogens (tertiary/aromatic N) is 4. The molecule has 63 heavy (non-hydrogen) atoms. The Hall–Kier alpha value is -8.44. The van der Waals surface area contributed by atoms with Crippen LogP contribution in [0.4, 0.5) is 0 Å². The summed E-state index contributed by atoms with van der Waals surface area (Å²) in [5.74, 6) is 0. The zero-order valence-corrected chi connectivity index (χ0v) is 35.2. The molecule has 0 saturated carbocycles. The molecule has 11 rings (SSSR count). The molecule has 9 aromatic carbocycles. The zero-order chi connectivity index (χ0) is 42.8. The van der Waals surface area contributed by atoms with Gasteiger partial charge in [-0.3, -0.25) is 0 Å². The molecule has 4 nitrogen and oxygen atoms in total. The zero-order valence-electron chi connectivity index (χ0n) is 35.2. The van der Waals surface area contributed by atoms with Gasteiger partial charge in [0.15, 0.2) is 0 Å². The Morgan fingerprint density at radius 3 is 1.24 bits per heavy atom. The highest BCUT2D eigenvalue weighted by Gasteiger charge is 2.23. The summed E-state index contributed by atoms with van der Waals surface area (Å²) in [4.78, 5) is 0. The van der Waals surface area contributed by atoms with E-state index in [0.717, 1.165) is 72.0 Å². The van der Waals surface area contributed by atoms with Gasteiger partial charge in [0.1, 0.15) is 0 Å². The normalized spacial score (nSPS) is 11.4. The lowest BCUT2D eigenvalue weighted by Crippen LogP contribution is -2.03. The van der Waals surface area contributed by atoms with Crippen LogP contribution >= 0.6 is 0 Å². The van der Waals surface area contributed by atoms with Gasteiger partial charge in [-0.25, -0.2) is 0 Å². The maximum atomic E-state index is 10.4. The molecule has 0 aliphatic carbocycles. The molecule has 11 aromatic rings. The largest absolute Gasteiger partial charge is 0.309 e. The molecule has 2 aromatic heterocycles. The summed E-state index contributed by atoms with van der Waals surface area (Å²) < 4.78 is 4.75. The molecule has 0 N–H and O–H groups in total. The quantitative estimate of drug-likeness (QED) is 0.168. The molecule has 0 bridgehead atoms. The Kier molecular flexibility index (Phi) is 8.90. The highest BCUT2D eigenvalue weighted by molar-refractivity contribution is 6.13. The van der Waals surface area contributed by atoms with Crippen LogP contribution in [0.3, 0.4) is 0 Å². The Labute approximate surface area is 366 Å². The fraction of sp³-hybridized carbons (Fsp3) is 0.0508. The summed E-state index contributed by atoms with van der Waals surface area (Å²) in [6.07, 6.45) is 0. The molecule has 2 heterocycles. The van der Waals surface area contributed by atoms with Crippen LogP contribution in [0.25, 0.3) is 99.5 Å². The minimum Gasteiger partial charge on any atom is -0.309 e. The summed E-state index contributed by atoms with van der Waals surface area (Å²) in [7, 11) is 0. The molecule has 296 valence electrons. The Morgan fingerprint density at radius 1 is 0.317 bits per heavy atom. The second kappa shape index (κ2) is 14.9. The van der Waals surface area contributed by atoms with Gasteiger partial charge >= 0.3 is 0 Å².